The summed E-state index contributed by atoms with van der Waals surface area (Å²) in [5, 5.41) is 2.78. The van der Waals surface area contributed by atoms with Crippen molar-refractivity contribution in [1.29, 1.82) is 0 Å². The van der Waals surface area contributed by atoms with Gasteiger partial charge in [-0.2, -0.15) is 13.2 Å². The van der Waals surface area contributed by atoms with Crippen molar-refractivity contribution >= 4 is 5.91 Å². The van der Waals surface area contributed by atoms with Crippen LogP contribution in [0.5, 0.6) is 5.75 Å². The summed E-state index contributed by atoms with van der Waals surface area (Å²) >= 11 is 0. The average Bonchev–Trinajstić information content (AvgIpc) is 2.71. The Morgan fingerprint density at radius 3 is 2.55 bits per heavy atom. The molecule has 1 atom stereocenters. The van der Waals surface area contributed by atoms with Gasteiger partial charge in [0.15, 0.2) is 0 Å². The number of carbonyl (C=O) groups excluding carboxylic acids is 1. The monoisotopic (exact) mass is 288 g/mol. The van der Waals surface area contributed by atoms with Gasteiger partial charge in [-0.1, -0.05) is 12.1 Å². The minimum absolute atomic E-state index is 0.0893. The summed E-state index contributed by atoms with van der Waals surface area (Å²) in [7, 11) is 0. The predicted molar refractivity (Wildman–Crippen MR) is 66.1 cm³/mol. The Labute approximate surface area is 114 Å². The first-order valence-electron chi connectivity index (χ1n) is 6.23. The summed E-state index contributed by atoms with van der Waals surface area (Å²) in [6.07, 6.45) is -5.16. The summed E-state index contributed by atoms with van der Waals surface area (Å²) in [5.74, 6) is 0.0872. The van der Waals surface area contributed by atoms with Crippen LogP contribution in [0, 0.1) is 0 Å². The lowest BCUT2D eigenvalue weighted by Crippen LogP contribution is -2.38. The first-order valence-corrected chi connectivity index (χ1v) is 6.23. The van der Waals surface area contributed by atoms with E-state index in [1.807, 2.05) is 6.92 Å². The number of ether oxygens (including phenoxy) is 1. The molecule has 1 fully saturated rings. The molecule has 4 nitrogen and oxygen atoms in total. The third-order valence-electron chi connectivity index (χ3n) is 2.94. The van der Waals surface area contributed by atoms with E-state index in [0.717, 1.165) is 4.90 Å². The van der Waals surface area contributed by atoms with Crippen LogP contribution in [0.2, 0.25) is 0 Å². The summed E-state index contributed by atoms with van der Waals surface area (Å²) in [4.78, 5) is 12.3. The highest BCUT2D eigenvalue weighted by Crippen LogP contribution is 2.28. The lowest BCUT2D eigenvalue weighted by Gasteiger charge is -2.25. The minimum atomic E-state index is -4.41. The van der Waals surface area contributed by atoms with Gasteiger partial charge in [-0.15, -0.1) is 0 Å². The normalized spacial score (nSPS) is 19.5. The second kappa shape index (κ2) is 5.70. The van der Waals surface area contributed by atoms with Crippen molar-refractivity contribution in [2.75, 3.05) is 19.7 Å². The van der Waals surface area contributed by atoms with Gasteiger partial charge in [0.1, 0.15) is 18.5 Å². The fourth-order valence-corrected chi connectivity index (χ4v) is 2.12. The molecule has 0 aromatic heterocycles. The smallest absolute Gasteiger partial charge is 0.406 e. The van der Waals surface area contributed by atoms with E-state index in [4.69, 9.17) is 4.74 Å². The van der Waals surface area contributed by atoms with Gasteiger partial charge >= 0.3 is 6.18 Å². The third-order valence-corrected chi connectivity index (χ3v) is 2.94. The molecule has 20 heavy (non-hydrogen) atoms. The summed E-state index contributed by atoms with van der Waals surface area (Å²) in [5.41, 5.74) is 0.601. The van der Waals surface area contributed by atoms with E-state index in [0.29, 0.717) is 17.9 Å². The Morgan fingerprint density at radius 1 is 1.35 bits per heavy atom. The van der Waals surface area contributed by atoms with Crippen LogP contribution in [0.15, 0.2) is 24.3 Å². The van der Waals surface area contributed by atoms with Gasteiger partial charge in [-0.25, -0.2) is 0 Å². The van der Waals surface area contributed by atoms with Gasteiger partial charge in [0.2, 0.25) is 5.91 Å². The third kappa shape index (κ3) is 3.41. The number of halogens is 3. The number of nitrogens with zero attached hydrogens (tertiary/aromatic N) is 1. The first-order chi connectivity index (χ1) is 9.40. The van der Waals surface area contributed by atoms with Crippen molar-refractivity contribution < 1.29 is 22.7 Å². The highest BCUT2D eigenvalue weighted by Gasteiger charge is 2.40. The van der Waals surface area contributed by atoms with Crippen LogP contribution in [0.4, 0.5) is 13.2 Å². The van der Waals surface area contributed by atoms with Crippen LogP contribution < -0.4 is 10.1 Å². The maximum Gasteiger partial charge on any atom is 0.406 e. The number of nitrogens with one attached hydrogen (secondary N) is 1. The van der Waals surface area contributed by atoms with Gasteiger partial charge in [0, 0.05) is 0 Å². The Bertz CT molecular complexity index is 473. The van der Waals surface area contributed by atoms with Crippen molar-refractivity contribution in [2.24, 2.45) is 0 Å². The van der Waals surface area contributed by atoms with Crippen LogP contribution in [-0.4, -0.2) is 36.7 Å². The highest BCUT2D eigenvalue weighted by atomic mass is 19.4. The number of alkyl halides is 3. The number of hydrogen-bond donors (Lipinski definition) is 1. The number of amides is 1. The zero-order valence-electron chi connectivity index (χ0n) is 10.9. The van der Waals surface area contributed by atoms with Gasteiger partial charge in [-0.05, 0) is 24.6 Å². The molecule has 1 aromatic rings. The second-order valence-electron chi connectivity index (χ2n) is 4.42. The van der Waals surface area contributed by atoms with E-state index in [9.17, 15) is 18.0 Å². The van der Waals surface area contributed by atoms with E-state index in [-0.39, 0.29) is 6.54 Å². The molecule has 1 heterocycles. The number of rotatable bonds is 4. The molecule has 0 spiro atoms. The molecule has 0 saturated carbocycles. The number of hydrogen-bond acceptors (Lipinski definition) is 3. The summed E-state index contributed by atoms with van der Waals surface area (Å²) in [6.45, 7) is 1.01. The molecule has 0 radical (unpaired) electrons. The molecular formula is C13H15F3N2O2. The maximum absolute atomic E-state index is 12.5. The van der Waals surface area contributed by atoms with E-state index in [1.54, 1.807) is 24.3 Å². The zero-order chi connectivity index (χ0) is 14.8. The fraction of sp³-hybridized carbons (Fsp3) is 0.462. The predicted octanol–water partition coefficient (Wildman–Crippen LogP) is 2.08. The van der Waals surface area contributed by atoms with Gasteiger partial charge in [0.05, 0.1) is 13.2 Å². The first kappa shape index (κ1) is 14.6. The fourth-order valence-electron chi connectivity index (χ4n) is 2.12. The number of benzene rings is 1. The minimum Gasteiger partial charge on any atom is -0.494 e. The molecule has 0 bridgehead atoms. The Hall–Kier alpha value is -1.76. The number of carbonyl (C=O) groups is 1. The summed E-state index contributed by atoms with van der Waals surface area (Å²) < 4.78 is 42.7. The van der Waals surface area contributed by atoms with Crippen LogP contribution in [0.25, 0.3) is 0 Å². The molecule has 1 aliphatic rings. The zero-order valence-corrected chi connectivity index (χ0v) is 10.9. The second-order valence-corrected chi connectivity index (χ2v) is 4.42. The van der Waals surface area contributed by atoms with Crippen LogP contribution in [0.3, 0.4) is 0 Å². The van der Waals surface area contributed by atoms with Crippen LogP contribution >= 0.6 is 0 Å². The Balaban J connectivity index is 2.15. The molecule has 1 unspecified atom stereocenters. The molecule has 1 amide bonds. The van der Waals surface area contributed by atoms with Gasteiger partial charge < -0.3 is 9.64 Å². The summed E-state index contributed by atoms with van der Waals surface area (Å²) in [6, 6.07) is 6.67. The van der Waals surface area contributed by atoms with Crippen molar-refractivity contribution in [3.8, 4) is 5.75 Å². The molecular weight excluding hydrogens is 273 g/mol. The van der Waals surface area contributed by atoms with E-state index in [1.165, 1.54) is 0 Å². The molecule has 110 valence electrons. The molecule has 1 N–H and O–H groups in total. The molecule has 1 aromatic carbocycles. The van der Waals surface area contributed by atoms with Crippen molar-refractivity contribution in [3.05, 3.63) is 29.8 Å². The average molecular weight is 288 g/mol. The molecule has 1 aliphatic heterocycles. The van der Waals surface area contributed by atoms with E-state index < -0.39 is 24.8 Å². The SMILES string of the molecule is CCOc1ccc(C2NCC(=O)N2CC(F)(F)F)cc1. The highest BCUT2D eigenvalue weighted by molar-refractivity contribution is 5.81. The molecule has 7 heteroatoms. The van der Waals surface area contributed by atoms with Crippen molar-refractivity contribution in [1.82, 2.24) is 10.2 Å². The lowest BCUT2D eigenvalue weighted by atomic mass is 10.1. The van der Waals surface area contributed by atoms with Crippen LogP contribution in [-0.2, 0) is 4.79 Å². The topological polar surface area (TPSA) is 41.6 Å². The molecule has 0 aliphatic carbocycles. The van der Waals surface area contributed by atoms with Crippen molar-refractivity contribution in [2.45, 2.75) is 19.3 Å². The van der Waals surface area contributed by atoms with Gasteiger partial charge in [-0.3, -0.25) is 10.1 Å². The molecule has 1 saturated heterocycles. The maximum atomic E-state index is 12.5. The van der Waals surface area contributed by atoms with Crippen LogP contribution in [0.1, 0.15) is 18.7 Å². The molecule has 2 rings (SSSR count). The largest absolute Gasteiger partial charge is 0.494 e. The van der Waals surface area contributed by atoms with Crippen molar-refractivity contribution in [3.63, 3.8) is 0 Å². The quantitative estimate of drug-likeness (QED) is 0.922. The Kier molecular flexibility index (Phi) is 4.17. The van der Waals surface area contributed by atoms with E-state index >= 15 is 0 Å². The lowest BCUT2D eigenvalue weighted by molar-refractivity contribution is -0.161. The van der Waals surface area contributed by atoms with E-state index in [2.05, 4.69) is 5.32 Å². The van der Waals surface area contributed by atoms with Gasteiger partial charge in [0.25, 0.3) is 0 Å². The standard InChI is InChI=1S/C13H15F3N2O2/c1-2-20-10-5-3-9(4-6-10)12-17-7-11(19)18(12)8-13(14,15)16/h3-6,12,17H,2,7-8H2,1H3. The Morgan fingerprint density at radius 2 is 2.00 bits per heavy atom.